The minimum absolute atomic E-state index is 0.101. The van der Waals surface area contributed by atoms with Crippen molar-refractivity contribution in [3.8, 4) is 0 Å². The lowest BCUT2D eigenvalue weighted by molar-refractivity contribution is -0.136. The summed E-state index contributed by atoms with van der Waals surface area (Å²) in [6.45, 7) is 0.485. The monoisotopic (exact) mass is 283 g/mol. The van der Waals surface area contributed by atoms with Crippen molar-refractivity contribution >= 4 is 16.0 Å². The van der Waals surface area contributed by atoms with Crippen LogP contribution in [0.25, 0.3) is 0 Å². The van der Waals surface area contributed by atoms with E-state index in [0.717, 1.165) is 12.8 Å². The van der Waals surface area contributed by atoms with Gasteiger partial charge in [-0.1, -0.05) is 18.6 Å². The molecule has 104 valence electrons. The molecule has 0 saturated heterocycles. The Hall–Kier alpha value is -1.40. The Morgan fingerprint density at radius 1 is 1.26 bits per heavy atom. The molecule has 0 radical (unpaired) electrons. The number of aliphatic carboxylic acids is 1. The summed E-state index contributed by atoms with van der Waals surface area (Å²) in [6.07, 6.45) is 3.24. The van der Waals surface area contributed by atoms with E-state index in [1.807, 2.05) is 0 Å². The molecular formula is C13H17NO4S. The third-order valence-corrected chi connectivity index (χ3v) is 4.82. The molecule has 1 aromatic rings. The topological polar surface area (TPSA) is 83.5 Å². The highest BCUT2D eigenvalue weighted by Crippen LogP contribution is 2.25. The van der Waals surface area contributed by atoms with E-state index in [2.05, 4.69) is 4.72 Å². The molecule has 0 unspecified atom stereocenters. The molecule has 0 amide bonds. The van der Waals surface area contributed by atoms with E-state index in [-0.39, 0.29) is 11.3 Å². The van der Waals surface area contributed by atoms with E-state index in [9.17, 15) is 13.2 Å². The molecule has 0 aliphatic heterocycles. The van der Waals surface area contributed by atoms with Crippen molar-refractivity contribution in [2.24, 2.45) is 5.92 Å². The fourth-order valence-electron chi connectivity index (χ4n) is 1.97. The highest BCUT2D eigenvalue weighted by atomic mass is 32.2. The molecule has 2 N–H and O–H groups in total. The van der Waals surface area contributed by atoms with Crippen molar-refractivity contribution in [1.82, 2.24) is 4.72 Å². The zero-order valence-corrected chi connectivity index (χ0v) is 11.3. The second kappa shape index (κ2) is 5.71. The average molecular weight is 283 g/mol. The van der Waals surface area contributed by atoms with Crippen LogP contribution in [0.1, 0.15) is 24.8 Å². The van der Waals surface area contributed by atoms with Crippen molar-refractivity contribution < 1.29 is 18.3 Å². The third kappa shape index (κ3) is 3.78. The minimum atomic E-state index is -3.47. The Morgan fingerprint density at radius 3 is 2.37 bits per heavy atom. The second-order valence-corrected chi connectivity index (χ2v) is 6.63. The molecule has 2 rings (SSSR count). The summed E-state index contributed by atoms with van der Waals surface area (Å²) in [5, 5.41) is 8.64. The quantitative estimate of drug-likeness (QED) is 0.826. The number of sulfonamides is 1. The van der Waals surface area contributed by atoms with E-state index in [4.69, 9.17) is 5.11 Å². The Balaban J connectivity index is 2.00. The van der Waals surface area contributed by atoms with E-state index >= 15 is 0 Å². The van der Waals surface area contributed by atoms with Crippen molar-refractivity contribution in [3.05, 3.63) is 29.8 Å². The first kappa shape index (κ1) is 14.0. The van der Waals surface area contributed by atoms with Crippen LogP contribution in [0.2, 0.25) is 0 Å². The highest BCUT2D eigenvalue weighted by molar-refractivity contribution is 7.89. The van der Waals surface area contributed by atoms with Crippen molar-refractivity contribution in [1.29, 1.82) is 0 Å². The van der Waals surface area contributed by atoms with Gasteiger partial charge in [-0.2, -0.15) is 0 Å². The molecule has 0 aromatic heterocycles. The molecular weight excluding hydrogens is 266 g/mol. The van der Waals surface area contributed by atoms with Crippen LogP contribution < -0.4 is 4.72 Å². The molecule has 1 saturated carbocycles. The van der Waals surface area contributed by atoms with E-state index in [1.165, 1.54) is 30.7 Å². The lowest BCUT2D eigenvalue weighted by Gasteiger charge is -2.25. The van der Waals surface area contributed by atoms with Gasteiger partial charge in [0, 0.05) is 6.54 Å². The van der Waals surface area contributed by atoms with Crippen molar-refractivity contribution in [2.75, 3.05) is 6.54 Å². The maximum Gasteiger partial charge on any atom is 0.307 e. The molecule has 5 nitrogen and oxygen atoms in total. The number of carbonyl (C=O) groups is 1. The molecule has 1 aliphatic rings. The van der Waals surface area contributed by atoms with Gasteiger partial charge in [0.1, 0.15) is 0 Å². The Kier molecular flexibility index (Phi) is 4.21. The van der Waals surface area contributed by atoms with Gasteiger partial charge in [-0.25, -0.2) is 13.1 Å². The van der Waals surface area contributed by atoms with Crippen LogP contribution in [0, 0.1) is 5.92 Å². The SMILES string of the molecule is O=C(O)Cc1ccc(S(=O)(=O)NCC2CCC2)cc1. The van der Waals surface area contributed by atoms with E-state index in [1.54, 1.807) is 0 Å². The van der Waals surface area contributed by atoms with Crippen LogP contribution in [0.15, 0.2) is 29.2 Å². The van der Waals surface area contributed by atoms with Crippen molar-refractivity contribution in [3.63, 3.8) is 0 Å². The maximum absolute atomic E-state index is 12.0. The number of rotatable bonds is 6. The standard InChI is InChI=1S/C13H17NO4S/c15-13(16)8-10-4-6-12(7-5-10)19(17,18)14-9-11-2-1-3-11/h4-7,11,14H,1-3,8-9H2,(H,15,16). The van der Waals surface area contributed by atoms with Crippen LogP contribution in [0.4, 0.5) is 0 Å². The normalized spacial score (nSPS) is 16.0. The van der Waals surface area contributed by atoms with Crippen LogP contribution in [-0.2, 0) is 21.2 Å². The number of nitrogens with one attached hydrogen (secondary N) is 1. The molecule has 0 spiro atoms. The highest BCUT2D eigenvalue weighted by Gasteiger charge is 2.21. The lowest BCUT2D eigenvalue weighted by Crippen LogP contribution is -2.32. The number of carboxylic acid groups (broad SMARTS) is 1. The Labute approximate surface area is 112 Å². The van der Waals surface area contributed by atoms with Crippen LogP contribution in [0.3, 0.4) is 0 Å². The molecule has 1 aromatic carbocycles. The van der Waals surface area contributed by atoms with Gasteiger partial charge in [0.05, 0.1) is 11.3 Å². The van der Waals surface area contributed by atoms with Crippen LogP contribution in [-0.4, -0.2) is 26.0 Å². The van der Waals surface area contributed by atoms with Gasteiger partial charge in [-0.3, -0.25) is 4.79 Å². The average Bonchev–Trinajstić information content (AvgIpc) is 2.26. The first-order chi connectivity index (χ1) is 8.97. The van der Waals surface area contributed by atoms with Gasteiger partial charge in [0.25, 0.3) is 0 Å². The van der Waals surface area contributed by atoms with Crippen LogP contribution in [0.5, 0.6) is 0 Å². The summed E-state index contributed by atoms with van der Waals surface area (Å²) >= 11 is 0. The Bertz CT molecular complexity index is 547. The van der Waals surface area contributed by atoms with Gasteiger partial charge < -0.3 is 5.11 Å². The number of hydrogen-bond acceptors (Lipinski definition) is 3. The summed E-state index contributed by atoms with van der Waals surface area (Å²) in [5.74, 6) is -0.472. The Morgan fingerprint density at radius 2 is 1.89 bits per heavy atom. The molecule has 1 aliphatic carbocycles. The zero-order valence-electron chi connectivity index (χ0n) is 10.5. The fourth-order valence-corrected chi connectivity index (χ4v) is 3.09. The predicted molar refractivity (Wildman–Crippen MR) is 70.3 cm³/mol. The largest absolute Gasteiger partial charge is 0.481 e. The smallest absolute Gasteiger partial charge is 0.307 e. The summed E-state index contributed by atoms with van der Waals surface area (Å²) in [7, 11) is -3.47. The molecule has 0 bridgehead atoms. The first-order valence-electron chi connectivity index (χ1n) is 6.28. The second-order valence-electron chi connectivity index (χ2n) is 4.86. The zero-order chi connectivity index (χ0) is 13.9. The number of benzene rings is 1. The third-order valence-electron chi connectivity index (χ3n) is 3.38. The van der Waals surface area contributed by atoms with Crippen molar-refractivity contribution in [2.45, 2.75) is 30.6 Å². The molecule has 0 heterocycles. The molecule has 6 heteroatoms. The molecule has 1 fully saturated rings. The van der Waals surface area contributed by atoms with E-state index < -0.39 is 16.0 Å². The summed E-state index contributed by atoms with van der Waals surface area (Å²) in [6, 6.07) is 5.96. The summed E-state index contributed by atoms with van der Waals surface area (Å²) in [5.41, 5.74) is 0.588. The minimum Gasteiger partial charge on any atom is -0.481 e. The fraction of sp³-hybridized carbons (Fsp3) is 0.462. The number of hydrogen-bond donors (Lipinski definition) is 2. The first-order valence-corrected chi connectivity index (χ1v) is 7.76. The predicted octanol–water partition coefficient (Wildman–Crippen LogP) is 1.39. The van der Waals surface area contributed by atoms with Crippen LogP contribution >= 0.6 is 0 Å². The van der Waals surface area contributed by atoms with Gasteiger partial charge >= 0.3 is 5.97 Å². The van der Waals surface area contributed by atoms with E-state index in [0.29, 0.717) is 18.0 Å². The van der Waals surface area contributed by atoms with Gasteiger partial charge in [-0.15, -0.1) is 0 Å². The summed E-state index contributed by atoms with van der Waals surface area (Å²) in [4.78, 5) is 10.7. The summed E-state index contributed by atoms with van der Waals surface area (Å²) < 4.78 is 26.6. The van der Waals surface area contributed by atoms with Gasteiger partial charge in [0.2, 0.25) is 10.0 Å². The molecule has 19 heavy (non-hydrogen) atoms. The van der Waals surface area contributed by atoms with Gasteiger partial charge in [-0.05, 0) is 36.5 Å². The maximum atomic E-state index is 12.0. The number of carboxylic acids is 1. The molecule has 0 atom stereocenters. The lowest BCUT2D eigenvalue weighted by atomic mass is 9.86. The van der Waals surface area contributed by atoms with Gasteiger partial charge in [0.15, 0.2) is 0 Å².